The van der Waals surface area contributed by atoms with E-state index in [2.05, 4.69) is 57.7 Å². The summed E-state index contributed by atoms with van der Waals surface area (Å²) in [5, 5.41) is 12.0. The van der Waals surface area contributed by atoms with Gasteiger partial charge in [0.15, 0.2) is 11.6 Å². The van der Waals surface area contributed by atoms with Crippen LogP contribution in [0.25, 0.3) is 0 Å². The van der Waals surface area contributed by atoms with Gasteiger partial charge in [-0.2, -0.15) is 0 Å². The maximum absolute atomic E-state index is 4.36. The van der Waals surface area contributed by atoms with Crippen molar-refractivity contribution in [1.29, 1.82) is 0 Å². The Balaban J connectivity index is 1.62. The molecule has 0 amide bonds. The molecule has 0 radical (unpaired) electrons. The van der Waals surface area contributed by atoms with E-state index in [9.17, 15) is 0 Å². The van der Waals surface area contributed by atoms with Gasteiger partial charge in [-0.15, -0.1) is 10.2 Å². The van der Waals surface area contributed by atoms with Crippen LogP contribution in [-0.4, -0.2) is 23.3 Å². The number of nitrogens with zero attached hydrogens (tertiary/aromatic N) is 3. The van der Waals surface area contributed by atoms with Gasteiger partial charge in [-0.05, 0) is 55.5 Å². The molecule has 0 saturated carbocycles. The van der Waals surface area contributed by atoms with Crippen molar-refractivity contribution >= 4 is 17.3 Å². The van der Waals surface area contributed by atoms with Gasteiger partial charge in [0.25, 0.3) is 0 Å². The summed E-state index contributed by atoms with van der Waals surface area (Å²) in [4.78, 5) is 2.32. The molecule has 22 heavy (non-hydrogen) atoms. The molecule has 1 saturated heterocycles. The summed E-state index contributed by atoms with van der Waals surface area (Å²) in [6.07, 6.45) is 6.15. The highest BCUT2D eigenvalue weighted by Crippen LogP contribution is 2.20. The predicted octanol–water partition coefficient (Wildman–Crippen LogP) is 4.16. The van der Waals surface area contributed by atoms with E-state index in [0.717, 1.165) is 36.8 Å². The fourth-order valence-electron chi connectivity index (χ4n) is 2.87. The number of rotatable bonds is 5. The summed E-state index contributed by atoms with van der Waals surface area (Å²) in [5.41, 5.74) is 2.43. The number of nitrogens with one attached hydrogen (secondary N) is 1. The number of aryl methyl sites for hydroxylation is 1. The summed E-state index contributed by atoms with van der Waals surface area (Å²) in [5.74, 6) is 1.78. The normalized spacial score (nSPS) is 14.9. The number of aromatic nitrogens is 2. The van der Waals surface area contributed by atoms with Crippen molar-refractivity contribution in [3.05, 3.63) is 42.0 Å². The molecular weight excluding hydrogens is 272 g/mol. The first kappa shape index (κ1) is 14.8. The van der Waals surface area contributed by atoms with Crippen LogP contribution in [0.1, 0.15) is 38.2 Å². The molecule has 0 bridgehead atoms. The maximum atomic E-state index is 4.36. The molecule has 1 N–H and O–H groups in total. The highest BCUT2D eigenvalue weighted by atomic mass is 15.3. The molecule has 1 aromatic heterocycles. The standard InChI is InChI=1S/C18H24N4/c1-2-6-15-7-9-16(10-8-15)19-17-11-12-18(21-20-17)22-13-4-3-5-14-22/h7-12H,2-6,13-14H2,1H3,(H,19,20). The highest BCUT2D eigenvalue weighted by Gasteiger charge is 2.12. The van der Waals surface area contributed by atoms with Gasteiger partial charge in [-0.25, -0.2) is 0 Å². The van der Waals surface area contributed by atoms with E-state index in [1.165, 1.54) is 31.2 Å². The molecule has 2 heterocycles. The molecule has 4 heteroatoms. The van der Waals surface area contributed by atoms with E-state index in [0.29, 0.717) is 0 Å². The van der Waals surface area contributed by atoms with Crippen LogP contribution >= 0.6 is 0 Å². The Bertz CT molecular complexity index is 571. The van der Waals surface area contributed by atoms with Gasteiger partial charge < -0.3 is 10.2 Å². The van der Waals surface area contributed by atoms with Crippen molar-refractivity contribution < 1.29 is 0 Å². The molecule has 2 aromatic rings. The molecule has 3 rings (SSSR count). The summed E-state index contributed by atoms with van der Waals surface area (Å²) >= 11 is 0. The summed E-state index contributed by atoms with van der Waals surface area (Å²) in [6.45, 7) is 4.40. The van der Waals surface area contributed by atoms with Crippen LogP contribution in [0, 0.1) is 0 Å². The molecule has 0 atom stereocenters. The van der Waals surface area contributed by atoms with Gasteiger partial charge >= 0.3 is 0 Å². The lowest BCUT2D eigenvalue weighted by Crippen LogP contribution is -2.30. The molecular formula is C18H24N4. The van der Waals surface area contributed by atoms with E-state index in [1.54, 1.807) is 0 Å². The average molecular weight is 296 g/mol. The number of piperidine rings is 1. The lowest BCUT2D eigenvalue weighted by molar-refractivity contribution is 0.571. The lowest BCUT2D eigenvalue weighted by atomic mass is 10.1. The Labute approximate surface area is 132 Å². The topological polar surface area (TPSA) is 41.0 Å². The van der Waals surface area contributed by atoms with Crippen LogP contribution < -0.4 is 10.2 Å². The van der Waals surface area contributed by atoms with E-state index < -0.39 is 0 Å². The maximum Gasteiger partial charge on any atom is 0.153 e. The van der Waals surface area contributed by atoms with Crippen LogP contribution in [0.4, 0.5) is 17.3 Å². The molecule has 4 nitrogen and oxygen atoms in total. The molecule has 0 unspecified atom stereocenters. The van der Waals surface area contributed by atoms with Gasteiger partial charge in [-0.1, -0.05) is 25.5 Å². The zero-order valence-electron chi connectivity index (χ0n) is 13.3. The number of anilines is 3. The second-order valence-corrected chi connectivity index (χ2v) is 5.90. The fraction of sp³-hybridized carbons (Fsp3) is 0.444. The third-order valence-electron chi connectivity index (χ3n) is 4.10. The van der Waals surface area contributed by atoms with Gasteiger partial charge in [0.2, 0.25) is 0 Å². The van der Waals surface area contributed by atoms with Crippen LogP contribution in [0.5, 0.6) is 0 Å². The van der Waals surface area contributed by atoms with Crippen LogP contribution in [0.2, 0.25) is 0 Å². The van der Waals surface area contributed by atoms with Crippen LogP contribution in [-0.2, 0) is 6.42 Å². The van der Waals surface area contributed by atoms with Crippen LogP contribution in [0.15, 0.2) is 36.4 Å². The SMILES string of the molecule is CCCc1ccc(Nc2ccc(N3CCCCC3)nn2)cc1. The Hall–Kier alpha value is -2.10. The monoisotopic (exact) mass is 296 g/mol. The summed E-state index contributed by atoms with van der Waals surface area (Å²) < 4.78 is 0. The largest absolute Gasteiger partial charge is 0.355 e. The first-order valence-corrected chi connectivity index (χ1v) is 8.30. The number of hydrogen-bond donors (Lipinski definition) is 1. The fourth-order valence-corrected chi connectivity index (χ4v) is 2.87. The van der Waals surface area contributed by atoms with Gasteiger partial charge in [-0.3, -0.25) is 0 Å². The Kier molecular flexibility index (Phi) is 4.88. The van der Waals surface area contributed by atoms with E-state index in [-0.39, 0.29) is 0 Å². The van der Waals surface area contributed by atoms with Crippen molar-refractivity contribution in [3.8, 4) is 0 Å². The summed E-state index contributed by atoms with van der Waals surface area (Å²) in [6, 6.07) is 12.6. The summed E-state index contributed by atoms with van der Waals surface area (Å²) in [7, 11) is 0. The zero-order chi connectivity index (χ0) is 15.2. The Morgan fingerprint density at radius 1 is 0.955 bits per heavy atom. The molecule has 0 spiro atoms. The van der Waals surface area contributed by atoms with Crippen molar-refractivity contribution in [2.24, 2.45) is 0 Å². The smallest absolute Gasteiger partial charge is 0.153 e. The third-order valence-corrected chi connectivity index (χ3v) is 4.10. The number of hydrogen-bond acceptors (Lipinski definition) is 4. The molecule has 1 aliphatic rings. The predicted molar refractivity (Wildman–Crippen MR) is 91.8 cm³/mol. The molecule has 116 valence electrons. The van der Waals surface area contributed by atoms with Crippen LogP contribution in [0.3, 0.4) is 0 Å². The van der Waals surface area contributed by atoms with E-state index in [1.807, 2.05) is 6.07 Å². The Morgan fingerprint density at radius 2 is 1.73 bits per heavy atom. The van der Waals surface area contributed by atoms with Gasteiger partial charge in [0, 0.05) is 18.8 Å². The quantitative estimate of drug-likeness (QED) is 0.899. The first-order chi connectivity index (χ1) is 10.8. The molecule has 1 fully saturated rings. The van der Waals surface area contributed by atoms with Gasteiger partial charge in [0.05, 0.1) is 0 Å². The molecule has 0 aliphatic carbocycles. The average Bonchev–Trinajstić information content (AvgIpc) is 2.58. The van der Waals surface area contributed by atoms with Crippen molar-refractivity contribution in [2.45, 2.75) is 39.0 Å². The lowest BCUT2D eigenvalue weighted by Gasteiger charge is -2.27. The van der Waals surface area contributed by atoms with Crippen molar-refractivity contribution in [3.63, 3.8) is 0 Å². The van der Waals surface area contributed by atoms with Gasteiger partial charge in [0.1, 0.15) is 0 Å². The Morgan fingerprint density at radius 3 is 2.36 bits per heavy atom. The zero-order valence-corrected chi connectivity index (χ0v) is 13.3. The highest BCUT2D eigenvalue weighted by molar-refractivity contribution is 5.57. The second kappa shape index (κ2) is 7.25. The molecule has 1 aromatic carbocycles. The second-order valence-electron chi connectivity index (χ2n) is 5.90. The van der Waals surface area contributed by atoms with Crippen molar-refractivity contribution in [1.82, 2.24) is 10.2 Å². The minimum Gasteiger partial charge on any atom is -0.355 e. The van der Waals surface area contributed by atoms with E-state index >= 15 is 0 Å². The van der Waals surface area contributed by atoms with E-state index in [4.69, 9.17) is 0 Å². The number of benzene rings is 1. The third kappa shape index (κ3) is 3.75. The minimum atomic E-state index is 0.795. The van der Waals surface area contributed by atoms with Crippen molar-refractivity contribution in [2.75, 3.05) is 23.3 Å². The minimum absolute atomic E-state index is 0.795. The molecule has 1 aliphatic heterocycles. The first-order valence-electron chi connectivity index (χ1n) is 8.30.